The molecule has 1 unspecified atom stereocenters. The highest BCUT2D eigenvalue weighted by Crippen LogP contribution is 2.30. The van der Waals surface area contributed by atoms with Gasteiger partial charge in [-0.05, 0) is 33.7 Å². The van der Waals surface area contributed by atoms with Crippen molar-refractivity contribution in [1.29, 1.82) is 0 Å². The summed E-state index contributed by atoms with van der Waals surface area (Å²) < 4.78 is 17.0. The fourth-order valence-electron chi connectivity index (χ4n) is 1.65. The van der Waals surface area contributed by atoms with Gasteiger partial charge in [0.15, 0.2) is 5.22 Å². The number of ether oxygens (including phenoxy) is 1. The van der Waals surface area contributed by atoms with E-state index in [1.165, 1.54) is 6.08 Å². The molecule has 0 fully saturated rings. The van der Waals surface area contributed by atoms with Crippen LogP contribution in [-0.2, 0) is 18.4 Å². The molecule has 0 aliphatic heterocycles. The number of carbonyl (C=O) groups is 1. The van der Waals surface area contributed by atoms with Crippen molar-refractivity contribution in [2.24, 2.45) is 0 Å². The molecule has 0 spiro atoms. The lowest BCUT2D eigenvalue weighted by molar-refractivity contribution is -0.148. The molecule has 0 aromatic carbocycles. The SMILES string of the molecule is C=CC(=O)OC(C)(CC)[Si](C)(OCC)OCC. The second kappa shape index (κ2) is 6.93. The van der Waals surface area contributed by atoms with Crippen molar-refractivity contribution in [3.05, 3.63) is 12.7 Å². The molecule has 0 radical (unpaired) electrons. The number of carbonyl (C=O) groups excluding carboxylic acids is 1. The molecule has 17 heavy (non-hydrogen) atoms. The smallest absolute Gasteiger partial charge is 0.380 e. The van der Waals surface area contributed by atoms with Crippen molar-refractivity contribution < 1.29 is 18.4 Å². The van der Waals surface area contributed by atoms with Crippen LogP contribution in [0.2, 0.25) is 6.55 Å². The molecule has 0 aromatic rings. The lowest BCUT2D eigenvalue weighted by atomic mass is 10.3. The zero-order chi connectivity index (χ0) is 13.5. The summed E-state index contributed by atoms with van der Waals surface area (Å²) in [5.41, 5.74) is 0. The molecule has 0 amide bonds. The van der Waals surface area contributed by atoms with Crippen LogP contribution in [0.5, 0.6) is 0 Å². The van der Waals surface area contributed by atoms with Gasteiger partial charge in [-0.2, -0.15) is 0 Å². The predicted octanol–water partition coefficient (Wildman–Crippen LogP) is 2.57. The van der Waals surface area contributed by atoms with E-state index in [0.29, 0.717) is 19.6 Å². The van der Waals surface area contributed by atoms with E-state index in [4.69, 9.17) is 13.6 Å². The first-order valence-electron chi connectivity index (χ1n) is 6.02. The van der Waals surface area contributed by atoms with Crippen LogP contribution in [0.25, 0.3) is 0 Å². The van der Waals surface area contributed by atoms with E-state index in [0.717, 1.165) is 0 Å². The molecule has 0 aromatic heterocycles. The van der Waals surface area contributed by atoms with Crippen LogP contribution in [0.1, 0.15) is 34.1 Å². The third kappa shape index (κ3) is 3.94. The maximum absolute atomic E-state index is 11.4. The Kier molecular flexibility index (Phi) is 6.67. The maximum atomic E-state index is 11.4. The van der Waals surface area contributed by atoms with E-state index in [2.05, 4.69) is 6.58 Å². The quantitative estimate of drug-likeness (QED) is 0.382. The summed E-state index contributed by atoms with van der Waals surface area (Å²) in [5, 5.41) is -0.704. The molecule has 0 saturated heterocycles. The molecule has 0 rings (SSSR count). The monoisotopic (exact) mass is 260 g/mol. The third-order valence-electron chi connectivity index (χ3n) is 2.97. The Labute approximate surface area is 105 Å². The number of hydrogen-bond acceptors (Lipinski definition) is 4. The van der Waals surface area contributed by atoms with Gasteiger partial charge in [-0.1, -0.05) is 13.5 Å². The molecule has 0 N–H and O–H groups in total. The second-order valence-electron chi connectivity index (χ2n) is 4.02. The molecule has 0 heterocycles. The van der Waals surface area contributed by atoms with Gasteiger partial charge < -0.3 is 13.6 Å². The van der Waals surface area contributed by atoms with Crippen molar-refractivity contribution in [2.45, 2.75) is 45.9 Å². The Hall–Kier alpha value is -0.653. The molecule has 100 valence electrons. The highest BCUT2D eigenvalue weighted by Gasteiger charge is 2.53. The highest BCUT2D eigenvalue weighted by molar-refractivity contribution is 6.69. The van der Waals surface area contributed by atoms with Gasteiger partial charge in [-0.15, -0.1) is 0 Å². The minimum atomic E-state index is -2.57. The Morgan fingerprint density at radius 1 is 1.29 bits per heavy atom. The van der Waals surface area contributed by atoms with Crippen LogP contribution in [0.4, 0.5) is 0 Å². The van der Waals surface area contributed by atoms with Gasteiger partial charge in [0.1, 0.15) is 0 Å². The van der Waals surface area contributed by atoms with Gasteiger partial charge in [-0.3, -0.25) is 0 Å². The first-order chi connectivity index (χ1) is 7.89. The van der Waals surface area contributed by atoms with Crippen LogP contribution in [0.3, 0.4) is 0 Å². The zero-order valence-corrected chi connectivity index (χ0v) is 12.5. The van der Waals surface area contributed by atoms with Gasteiger partial charge in [-0.25, -0.2) is 4.79 Å². The topological polar surface area (TPSA) is 44.8 Å². The predicted molar refractivity (Wildman–Crippen MR) is 69.9 cm³/mol. The van der Waals surface area contributed by atoms with Crippen LogP contribution >= 0.6 is 0 Å². The normalized spacial score (nSPS) is 15.1. The standard InChI is InChI=1S/C12H24O4Si/c1-7-11(13)16-12(5,8-2)17(6,14-9-3)15-10-4/h7H,1,8-10H2,2-6H3. The Balaban J connectivity index is 5.10. The fraction of sp³-hybridized carbons (Fsp3) is 0.750. The minimum absolute atomic E-state index is 0.438. The molecule has 0 saturated carbocycles. The average molecular weight is 260 g/mol. The summed E-state index contributed by atoms with van der Waals surface area (Å²) in [4.78, 5) is 11.4. The van der Waals surface area contributed by atoms with Crippen LogP contribution in [0, 0.1) is 0 Å². The Morgan fingerprint density at radius 3 is 2.06 bits per heavy atom. The van der Waals surface area contributed by atoms with Crippen LogP contribution < -0.4 is 0 Å². The molecule has 5 heteroatoms. The number of hydrogen-bond donors (Lipinski definition) is 0. The van der Waals surface area contributed by atoms with E-state index in [1.807, 2.05) is 34.2 Å². The Bertz CT molecular complexity index is 261. The minimum Gasteiger partial charge on any atom is -0.454 e. The molecule has 0 bridgehead atoms. The third-order valence-corrected chi connectivity index (χ3v) is 7.02. The Morgan fingerprint density at radius 2 is 1.76 bits per heavy atom. The van der Waals surface area contributed by atoms with Crippen molar-refractivity contribution in [3.63, 3.8) is 0 Å². The summed E-state index contributed by atoms with van der Waals surface area (Å²) in [6.45, 7) is 14.1. The molecular weight excluding hydrogens is 236 g/mol. The molecule has 1 atom stereocenters. The van der Waals surface area contributed by atoms with Crippen molar-refractivity contribution in [3.8, 4) is 0 Å². The van der Waals surface area contributed by atoms with Gasteiger partial charge in [0.05, 0.1) is 0 Å². The fourth-order valence-corrected chi connectivity index (χ4v) is 4.37. The van der Waals surface area contributed by atoms with Crippen molar-refractivity contribution in [2.75, 3.05) is 13.2 Å². The van der Waals surface area contributed by atoms with Crippen LogP contribution in [-0.4, -0.2) is 33.0 Å². The average Bonchev–Trinajstić information content (AvgIpc) is 2.29. The largest absolute Gasteiger partial charge is 0.454 e. The van der Waals surface area contributed by atoms with E-state index < -0.39 is 19.8 Å². The van der Waals surface area contributed by atoms with Crippen molar-refractivity contribution in [1.82, 2.24) is 0 Å². The molecular formula is C12H24O4Si. The van der Waals surface area contributed by atoms with Gasteiger partial charge in [0.25, 0.3) is 0 Å². The number of esters is 1. The van der Waals surface area contributed by atoms with Gasteiger partial charge in [0, 0.05) is 19.3 Å². The van der Waals surface area contributed by atoms with E-state index in [-0.39, 0.29) is 0 Å². The lowest BCUT2D eigenvalue weighted by Gasteiger charge is -2.41. The molecule has 0 aliphatic rings. The second-order valence-corrected chi connectivity index (χ2v) is 7.55. The summed E-state index contributed by atoms with van der Waals surface area (Å²) in [7, 11) is -2.57. The summed E-state index contributed by atoms with van der Waals surface area (Å²) in [6.07, 6.45) is 1.82. The first-order valence-corrected chi connectivity index (χ1v) is 8.34. The van der Waals surface area contributed by atoms with Crippen LogP contribution in [0.15, 0.2) is 12.7 Å². The first kappa shape index (κ1) is 16.3. The zero-order valence-electron chi connectivity index (χ0n) is 11.5. The number of rotatable bonds is 8. The van der Waals surface area contributed by atoms with E-state index in [1.54, 1.807) is 0 Å². The van der Waals surface area contributed by atoms with Gasteiger partial charge >= 0.3 is 14.5 Å². The van der Waals surface area contributed by atoms with E-state index in [9.17, 15) is 4.79 Å². The summed E-state index contributed by atoms with van der Waals surface area (Å²) in [5.74, 6) is -0.438. The van der Waals surface area contributed by atoms with Gasteiger partial charge in [0.2, 0.25) is 0 Å². The van der Waals surface area contributed by atoms with Crippen molar-refractivity contribution >= 4 is 14.5 Å². The summed E-state index contributed by atoms with van der Waals surface area (Å²) in [6, 6.07) is 0. The summed E-state index contributed by atoms with van der Waals surface area (Å²) >= 11 is 0. The van der Waals surface area contributed by atoms with E-state index >= 15 is 0 Å². The molecule has 4 nitrogen and oxygen atoms in total. The maximum Gasteiger partial charge on any atom is 0.380 e. The molecule has 0 aliphatic carbocycles. The lowest BCUT2D eigenvalue weighted by Crippen LogP contribution is -2.61. The highest BCUT2D eigenvalue weighted by atomic mass is 28.4.